The SMILES string of the molecule is CC(C)(C)NC(=O)C1(C2CCCCC2)CCN(C(=O)CNC(=O)c2cc(=O)c3cc(F)cc(F)c3o2)CC1.Cc1ccc(Cl)cc1. The Kier molecular flexibility index (Phi) is 11.2. The number of aryl methyl sites for hydroxylation is 1. The van der Waals surface area contributed by atoms with Crippen LogP contribution in [-0.2, 0) is 9.59 Å². The Balaban J connectivity index is 0.000000523. The molecule has 248 valence electrons. The minimum Gasteiger partial charge on any atom is -0.448 e. The van der Waals surface area contributed by atoms with Gasteiger partial charge in [0.05, 0.1) is 17.3 Å². The van der Waals surface area contributed by atoms with E-state index in [0.29, 0.717) is 32.0 Å². The van der Waals surface area contributed by atoms with Crippen molar-refractivity contribution in [2.75, 3.05) is 19.6 Å². The van der Waals surface area contributed by atoms with E-state index in [0.717, 1.165) is 42.8 Å². The molecular weight excluding hydrogens is 616 g/mol. The van der Waals surface area contributed by atoms with Crippen LogP contribution in [0.5, 0.6) is 0 Å². The summed E-state index contributed by atoms with van der Waals surface area (Å²) in [4.78, 5) is 52.8. The first kappa shape index (κ1) is 35.1. The molecule has 1 saturated carbocycles. The Bertz CT molecular complexity index is 1600. The Morgan fingerprint density at radius 1 is 1.00 bits per heavy atom. The summed E-state index contributed by atoms with van der Waals surface area (Å²) < 4.78 is 32.7. The zero-order chi connectivity index (χ0) is 33.6. The van der Waals surface area contributed by atoms with Crippen molar-refractivity contribution in [1.82, 2.24) is 15.5 Å². The van der Waals surface area contributed by atoms with E-state index in [-0.39, 0.29) is 35.2 Å². The minimum absolute atomic E-state index is 0.0516. The maximum absolute atomic E-state index is 14.1. The number of nitrogens with zero attached hydrogens (tertiary/aromatic N) is 1. The van der Waals surface area contributed by atoms with E-state index >= 15 is 0 Å². The lowest BCUT2D eigenvalue weighted by atomic mass is 9.63. The zero-order valence-corrected chi connectivity index (χ0v) is 27.6. The largest absolute Gasteiger partial charge is 0.448 e. The van der Waals surface area contributed by atoms with Crippen molar-refractivity contribution in [2.24, 2.45) is 11.3 Å². The van der Waals surface area contributed by atoms with Gasteiger partial charge >= 0.3 is 0 Å². The van der Waals surface area contributed by atoms with E-state index in [1.165, 1.54) is 12.0 Å². The van der Waals surface area contributed by atoms with E-state index in [9.17, 15) is 28.0 Å². The average Bonchev–Trinajstić information content (AvgIpc) is 3.01. The van der Waals surface area contributed by atoms with Crippen molar-refractivity contribution in [2.45, 2.75) is 78.2 Å². The maximum atomic E-state index is 14.1. The van der Waals surface area contributed by atoms with Crippen molar-refractivity contribution < 1.29 is 27.6 Å². The molecular formula is C35H42ClF2N3O5. The van der Waals surface area contributed by atoms with Crippen molar-refractivity contribution in [3.05, 3.63) is 80.7 Å². The van der Waals surface area contributed by atoms with E-state index in [1.54, 1.807) is 4.90 Å². The number of hydrogen-bond acceptors (Lipinski definition) is 5. The molecule has 3 amide bonds. The second kappa shape index (κ2) is 14.8. The van der Waals surface area contributed by atoms with Crippen LogP contribution in [0.2, 0.25) is 5.02 Å². The van der Waals surface area contributed by atoms with Crippen molar-refractivity contribution in [3.63, 3.8) is 0 Å². The molecule has 1 aromatic heterocycles. The van der Waals surface area contributed by atoms with Gasteiger partial charge in [-0.15, -0.1) is 0 Å². The summed E-state index contributed by atoms with van der Waals surface area (Å²) >= 11 is 5.61. The summed E-state index contributed by atoms with van der Waals surface area (Å²) in [5, 5.41) is 6.07. The summed E-state index contributed by atoms with van der Waals surface area (Å²) in [5.41, 5.74) is -0.936. The highest BCUT2D eigenvalue weighted by molar-refractivity contribution is 6.30. The predicted molar refractivity (Wildman–Crippen MR) is 174 cm³/mol. The molecule has 0 atom stereocenters. The van der Waals surface area contributed by atoms with Gasteiger partial charge in [0.2, 0.25) is 11.8 Å². The first-order valence-corrected chi connectivity index (χ1v) is 16.1. The van der Waals surface area contributed by atoms with Gasteiger partial charge in [0.15, 0.2) is 22.6 Å². The molecule has 2 heterocycles. The molecule has 3 aromatic rings. The molecule has 2 N–H and O–H groups in total. The van der Waals surface area contributed by atoms with E-state index in [4.69, 9.17) is 16.0 Å². The topological polar surface area (TPSA) is 109 Å². The van der Waals surface area contributed by atoms with Crippen molar-refractivity contribution >= 4 is 40.3 Å². The molecule has 2 fully saturated rings. The van der Waals surface area contributed by atoms with Crippen LogP contribution < -0.4 is 16.1 Å². The number of carbonyl (C=O) groups excluding carboxylic acids is 3. The summed E-state index contributed by atoms with van der Waals surface area (Å²) in [6.07, 6.45) is 6.50. The minimum atomic E-state index is -1.10. The molecule has 0 unspecified atom stereocenters. The average molecular weight is 658 g/mol. The van der Waals surface area contributed by atoms with E-state index < -0.39 is 39.7 Å². The Morgan fingerprint density at radius 2 is 1.63 bits per heavy atom. The van der Waals surface area contributed by atoms with Gasteiger partial charge in [-0.3, -0.25) is 19.2 Å². The lowest BCUT2D eigenvalue weighted by Gasteiger charge is -2.47. The smallest absolute Gasteiger partial charge is 0.287 e. The monoisotopic (exact) mass is 657 g/mol. The van der Waals surface area contributed by atoms with Gasteiger partial charge in [0, 0.05) is 35.8 Å². The number of halogens is 3. The van der Waals surface area contributed by atoms with Crippen LogP contribution in [0.4, 0.5) is 8.78 Å². The normalized spacial score (nSPS) is 16.7. The van der Waals surface area contributed by atoms with Gasteiger partial charge in [-0.05, 0) is 77.5 Å². The molecule has 46 heavy (non-hydrogen) atoms. The Morgan fingerprint density at radius 3 is 2.22 bits per heavy atom. The summed E-state index contributed by atoms with van der Waals surface area (Å²) in [7, 11) is 0. The predicted octanol–water partition coefficient (Wildman–Crippen LogP) is 6.55. The van der Waals surface area contributed by atoms with Crippen LogP contribution in [0, 0.1) is 29.9 Å². The number of hydrogen-bond donors (Lipinski definition) is 2. The Hall–Kier alpha value is -3.79. The molecule has 11 heteroatoms. The highest BCUT2D eigenvalue weighted by Crippen LogP contribution is 2.46. The summed E-state index contributed by atoms with van der Waals surface area (Å²) in [5.74, 6) is -3.38. The molecule has 0 bridgehead atoms. The van der Waals surface area contributed by atoms with E-state index in [1.807, 2.05) is 52.0 Å². The van der Waals surface area contributed by atoms with E-state index in [2.05, 4.69) is 10.6 Å². The lowest BCUT2D eigenvalue weighted by molar-refractivity contribution is -0.145. The van der Waals surface area contributed by atoms with Crippen LogP contribution in [-0.4, -0.2) is 47.8 Å². The highest BCUT2D eigenvalue weighted by Gasteiger charge is 2.48. The standard InChI is InChI=1S/C28H35F2N3O5.C7H7Cl/c1-27(2,3)32-26(37)28(17-7-5-4-6-8-17)9-11-33(12-10-28)23(35)16-31-25(36)22-15-21(34)19-13-18(29)14-20(30)24(19)38-22;1-6-2-4-7(8)5-3-6/h13-15,17H,4-12,16H2,1-3H3,(H,31,36)(H,32,37);2-5H,1H3. The molecule has 1 aliphatic heterocycles. The molecule has 8 nitrogen and oxygen atoms in total. The number of rotatable bonds is 5. The third kappa shape index (κ3) is 8.72. The van der Waals surface area contributed by atoms with Crippen molar-refractivity contribution in [3.8, 4) is 0 Å². The third-order valence-electron chi connectivity index (χ3n) is 8.72. The fourth-order valence-corrected chi connectivity index (χ4v) is 6.41. The highest BCUT2D eigenvalue weighted by atomic mass is 35.5. The summed E-state index contributed by atoms with van der Waals surface area (Å²) in [6, 6.07) is 9.98. The molecule has 2 aliphatic rings. The Labute approximate surface area is 272 Å². The molecule has 1 saturated heterocycles. The number of carbonyl (C=O) groups is 3. The maximum Gasteiger partial charge on any atom is 0.287 e. The van der Waals surface area contributed by atoms with Gasteiger partial charge in [-0.25, -0.2) is 8.78 Å². The number of piperidine rings is 1. The fraction of sp³-hybridized carbons (Fsp3) is 0.486. The third-order valence-corrected chi connectivity index (χ3v) is 8.97. The van der Waals surface area contributed by atoms with Gasteiger partial charge in [-0.1, -0.05) is 48.6 Å². The number of likely N-dealkylation sites (tertiary alicyclic amines) is 1. The lowest BCUT2D eigenvalue weighted by Crippen LogP contribution is -2.57. The zero-order valence-electron chi connectivity index (χ0n) is 26.8. The molecule has 2 aromatic carbocycles. The van der Waals surface area contributed by atoms with Crippen LogP contribution in [0.1, 0.15) is 81.8 Å². The first-order chi connectivity index (χ1) is 21.7. The second-order valence-electron chi connectivity index (χ2n) is 13.3. The fourth-order valence-electron chi connectivity index (χ4n) is 6.28. The molecule has 5 rings (SSSR count). The van der Waals surface area contributed by atoms with Gasteiger partial charge < -0.3 is 20.0 Å². The first-order valence-electron chi connectivity index (χ1n) is 15.7. The van der Waals surface area contributed by atoms with Gasteiger partial charge in [-0.2, -0.15) is 0 Å². The van der Waals surface area contributed by atoms with Crippen molar-refractivity contribution in [1.29, 1.82) is 0 Å². The quantitative estimate of drug-likeness (QED) is 0.323. The van der Waals surface area contributed by atoms with Gasteiger partial charge in [0.1, 0.15) is 5.82 Å². The van der Waals surface area contributed by atoms with Crippen LogP contribution >= 0.6 is 11.6 Å². The number of benzene rings is 2. The van der Waals surface area contributed by atoms with Crippen LogP contribution in [0.15, 0.2) is 51.7 Å². The number of fused-ring (bicyclic) bond motifs is 1. The molecule has 1 aliphatic carbocycles. The second-order valence-corrected chi connectivity index (χ2v) is 13.7. The molecule has 0 radical (unpaired) electrons. The van der Waals surface area contributed by atoms with Crippen LogP contribution in [0.25, 0.3) is 11.0 Å². The molecule has 0 spiro atoms. The summed E-state index contributed by atoms with van der Waals surface area (Å²) in [6.45, 7) is 8.37. The van der Waals surface area contributed by atoms with Gasteiger partial charge in [0.25, 0.3) is 5.91 Å². The van der Waals surface area contributed by atoms with Crippen LogP contribution in [0.3, 0.4) is 0 Å². The number of nitrogens with one attached hydrogen (secondary N) is 2. The number of amides is 3.